The van der Waals surface area contributed by atoms with E-state index in [0.29, 0.717) is 12.1 Å². The van der Waals surface area contributed by atoms with Crippen molar-refractivity contribution in [3.8, 4) is 0 Å². The zero-order valence-corrected chi connectivity index (χ0v) is 18.4. The van der Waals surface area contributed by atoms with E-state index in [4.69, 9.17) is 9.15 Å². The number of hydrogen-bond acceptors (Lipinski definition) is 6. The van der Waals surface area contributed by atoms with E-state index in [9.17, 15) is 14.4 Å². The standard InChI is InChI=1S/C24H24N2O5S/c27-22(18-15-16-5-1-2-6-17(16)31-18)20-21(19-7-3-14-32-19)26(24(29)23(20)28)9-4-8-25-10-12-30-13-11-25/h1-3,5-7,14-15,20-21H,4,8-13H2/p+1. The molecule has 2 atom stereocenters. The van der Waals surface area contributed by atoms with Crippen molar-refractivity contribution in [1.82, 2.24) is 4.90 Å². The van der Waals surface area contributed by atoms with Crippen LogP contribution in [0.5, 0.6) is 0 Å². The van der Waals surface area contributed by atoms with E-state index in [1.807, 2.05) is 35.7 Å². The van der Waals surface area contributed by atoms with E-state index >= 15 is 0 Å². The first kappa shape index (κ1) is 21.1. The Hall–Kier alpha value is -2.81. The molecule has 0 spiro atoms. The molecule has 32 heavy (non-hydrogen) atoms. The molecule has 2 aliphatic heterocycles. The van der Waals surface area contributed by atoms with Crippen LogP contribution in [-0.2, 0) is 14.3 Å². The monoisotopic (exact) mass is 453 g/mol. The second kappa shape index (κ2) is 8.97. The molecule has 8 heteroatoms. The number of morpholine rings is 1. The van der Waals surface area contributed by atoms with Gasteiger partial charge in [-0.1, -0.05) is 24.3 Å². The zero-order valence-electron chi connectivity index (χ0n) is 17.6. The number of Topliss-reactive ketones (excluding diaryl/α,β-unsaturated/α-hetero) is 2. The van der Waals surface area contributed by atoms with Gasteiger partial charge in [0.2, 0.25) is 11.6 Å². The summed E-state index contributed by atoms with van der Waals surface area (Å²) >= 11 is 1.46. The number of quaternary nitrogens is 1. The first-order valence-electron chi connectivity index (χ1n) is 11.0. The van der Waals surface area contributed by atoms with Gasteiger partial charge in [0.25, 0.3) is 5.91 Å². The summed E-state index contributed by atoms with van der Waals surface area (Å²) in [5.74, 6) is -2.61. The minimum atomic E-state index is -1.09. The van der Waals surface area contributed by atoms with Crippen LogP contribution in [-0.4, -0.2) is 61.8 Å². The highest BCUT2D eigenvalue weighted by Gasteiger charge is 2.52. The fourth-order valence-electron chi connectivity index (χ4n) is 4.67. The van der Waals surface area contributed by atoms with Crippen LogP contribution in [0.25, 0.3) is 11.0 Å². The van der Waals surface area contributed by atoms with Crippen LogP contribution in [0, 0.1) is 5.92 Å². The molecule has 0 bridgehead atoms. The van der Waals surface area contributed by atoms with Gasteiger partial charge in [-0.25, -0.2) is 0 Å². The lowest BCUT2D eigenvalue weighted by Gasteiger charge is -2.27. The number of nitrogens with one attached hydrogen (secondary N) is 1. The molecule has 1 N–H and O–H groups in total. The Bertz CT molecular complexity index is 1100. The summed E-state index contributed by atoms with van der Waals surface area (Å²) in [6.07, 6.45) is 0.766. The van der Waals surface area contributed by atoms with Gasteiger partial charge in [0.15, 0.2) is 5.76 Å². The Balaban J connectivity index is 1.40. The fourth-order valence-corrected chi connectivity index (χ4v) is 5.54. The maximum atomic E-state index is 13.4. The van der Waals surface area contributed by atoms with Crippen molar-refractivity contribution in [2.24, 2.45) is 5.92 Å². The maximum absolute atomic E-state index is 13.4. The number of para-hydroxylation sites is 1. The molecule has 1 amide bonds. The second-order valence-electron chi connectivity index (χ2n) is 8.28. The molecule has 4 heterocycles. The number of ether oxygens (including phenoxy) is 1. The molecule has 7 nitrogen and oxygen atoms in total. The van der Waals surface area contributed by atoms with E-state index in [1.165, 1.54) is 16.2 Å². The zero-order chi connectivity index (χ0) is 22.1. The summed E-state index contributed by atoms with van der Waals surface area (Å²) in [5.41, 5.74) is 0.589. The van der Waals surface area contributed by atoms with Gasteiger partial charge in [-0.3, -0.25) is 14.4 Å². The minimum absolute atomic E-state index is 0.124. The van der Waals surface area contributed by atoms with Crippen LogP contribution in [0.2, 0.25) is 0 Å². The lowest BCUT2D eigenvalue weighted by Crippen LogP contribution is -3.14. The maximum Gasteiger partial charge on any atom is 0.291 e. The molecule has 0 aliphatic carbocycles. The number of fused-ring (bicyclic) bond motifs is 1. The van der Waals surface area contributed by atoms with Crippen molar-refractivity contribution < 1.29 is 28.4 Å². The van der Waals surface area contributed by atoms with Crippen LogP contribution in [0.4, 0.5) is 0 Å². The average molecular weight is 454 g/mol. The number of rotatable bonds is 7. The van der Waals surface area contributed by atoms with E-state index in [0.717, 1.165) is 49.5 Å². The summed E-state index contributed by atoms with van der Waals surface area (Å²) in [4.78, 5) is 43.3. The summed E-state index contributed by atoms with van der Waals surface area (Å²) in [6, 6.07) is 12.2. The molecule has 2 unspecified atom stereocenters. The number of hydrogen-bond donors (Lipinski definition) is 1. The molecule has 1 aromatic carbocycles. The molecule has 2 aliphatic rings. The molecule has 5 rings (SSSR count). The van der Waals surface area contributed by atoms with E-state index in [-0.39, 0.29) is 5.76 Å². The van der Waals surface area contributed by atoms with Gasteiger partial charge in [-0.05, 0) is 23.6 Å². The number of ketones is 2. The van der Waals surface area contributed by atoms with Crippen molar-refractivity contribution in [3.05, 3.63) is 58.5 Å². The number of carbonyl (C=O) groups excluding carboxylic acids is 3. The van der Waals surface area contributed by atoms with E-state index in [2.05, 4.69) is 0 Å². The van der Waals surface area contributed by atoms with Crippen molar-refractivity contribution in [3.63, 3.8) is 0 Å². The second-order valence-corrected chi connectivity index (χ2v) is 9.26. The minimum Gasteiger partial charge on any atom is -0.453 e. The summed E-state index contributed by atoms with van der Waals surface area (Å²) in [5, 5.41) is 2.70. The first-order valence-corrected chi connectivity index (χ1v) is 11.8. The molecule has 2 saturated heterocycles. The largest absolute Gasteiger partial charge is 0.453 e. The van der Waals surface area contributed by atoms with Crippen LogP contribution in [0.3, 0.4) is 0 Å². The Morgan fingerprint density at radius 1 is 1.12 bits per heavy atom. The van der Waals surface area contributed by atoms with Gasteiger partial charge in [-0.15, -0.1) is 11.3 Å². The number of amides is 1. The molecular weight excluding hydrogens is 428 g/mol. The SMILES string of the molecule is O=C1C(=O)N(CCC[NH+]2CCOCC2)C(c2cccs2)C1C(=O)c1cc2ccccc2o1. The Morgan fingerprint density at radius 3 is 2.69 bits per heavy atom. The van der Waals surface area contributed by atoms with Crippen molar-refractivity contribution >= 4 is 39.8 Å². The molecule has 3 aromatic rings. The van der Waals surface area contributed by atoms with Crippen molar-refractivity contribution in [1.29, 1.82) is 0 Å². The number of thiophene rings is 1. The normalized spacial score (nSPS) is 22.2. The van der Waals surface area contributed by atoms with Gasteiger partial charge in [0.1, 0.15) is 24.6 Å². The smallest absolute Gasteiger partial charge is 0.291 e. The Kier molecular flexibility index (Phi) is 5.91. The average Bonchev–Trinajstić information content (AvgIpc) is 3.54. The highest BCUT2D eigenvalue weighted by Crippen LogP contribution is 2.40. The lowest BCUT2D eigenvalue weighted by atomic mass is 9.91. The number of nitrogens with zero attached hydrogens (tertiary/aromatic N) is 1. The van der Waals surface area contributed by atoms with Crippen LogP contribution in [0.15, 0.2) is 52.3 Å². The third-order valence-corrected chi connectivity index (χ3v) is 7.26. The predicted molar refractivity (Wildman–Crippen MR) is 119 cm³/mol. The van der Waals surface area contributed by atoms with Gasteiger partial charge in [0.05, 0.1) is 25.8 Å². The van der Waals surface area contributed by atoms with E-state index < -0.39 is 29.4 Å². The first-order chi connectivity index (χ1) is 15.6. The molecule has 166 valence electrons. The van der Waals surface area contributed by atoms with Crippen LogP contribution in [0.1, 0.15) is 27.9 Å². The summed E-state index contributed by atoms with van der Waals surface area (Å²) < 4.78 is 11.1. The topological polar surface area (TPSA) is 81.3 Å². The quantitative estimate of drug-likeness (QED) is 0.335. The molecule has 2 fully saturated rings. The Labute approximate surface area is 189 Å². The summed E-state index contributed by atoms with van der Waals surface area (Å²) in [7, 11) is 0. The van der Waals surface area contributed by atoms with Gasteiger partial charge in [0, 0.05) is 23.2 Å². The van der Waals surface area contributed by atoms with Crippen LogP contribution < -0.4 is 4.90 Å². The van der Waals surface area contributed by atoms with Crippen LogP contribution >= 0.6 is 11.3 Å². The molecule has 0 saturated carbocycles. The fraction of sp³-hybridized carbons (Fsp3) is 0.375. The number of furan rings is 1. The van der Waals surface area contributed by atoms with Gasteiger partial charge < -0.3 is 19.0 Å². The summed E-state index contributed by atoms with van der Waals surface area (Å²) in [6.45, 7) is 4.76. The van der Waals surface area contributed by atoms with E-state index in [1.54, 1.807) is 17.0 Å². The third-order valence-electron chi connectivity index (χ3n) is 6.32. The van der Waals surface area contributed by atoms with Crippen molar-refractivity contribution in [2.45, 2.75) is 12.5 Å². The lowest BCUT2D eigenvalue weighted by molar-refractivity contribution is -0.908. The molecule has 0 radical (unpaired) electrons. The highest BCUT2D eigenvalue weighted by molar-refractivity contribution is 7.10. The number of benzene rings is 1. The third kappa shape index (κ3) is 3.90. The predicted octanol–water partition coefficient (Wildman–Crippen LogP) is 1.75. The number of likely N-dealkylation sites (tertiary alicyclic amines) is 1. The molecule has 2 aromatic heterocycles. The van der Waals surface area contributed by atoms with Gasteiger partial charge in [-0.2, -0.15) is 0 Å². The van der Waals surface area contributed by atoms with Gasteiger partial charge >= 0.3 is 0 Å². The highest BCUT2D eigenvalue weighted by atomic mass is 32.1. The number of carbonyl (C=O) groups is 3. The Morgan fingerprint density at radius 2 is 1.94 bits per heavy atom. The van der Waals surface area contributed by atoms with Crippen molar-refractivity contribution in [2.75, 3.05) is 39.4 Å². The molecular formula is C24H25N2O5S+.